The van der Waals surface area contributed by atoms with E-state index in [2.05, 4.69) is 19.8 Å². The average molecular weight is 839 g/mol. The molecule has 1 fully saturated rings. The minimum atomic E-state index is -1.32. The van der Waals surface area contributed by atoms with Crippen molar-refractivity contribution in [3.8, 4) is 0 Å². The number of carbonyl (C=O) groups is 4. The summed E-state index contributed by atoms with van der Waals surface area (Å²) in [6.07, 6.45) is 6.10. The third-order valence-corrected chi connectivity index (χ3v) is 10.4. The van der Waals surface area contributed by atoms with Gasteiger partial charge in [0.05, 0.1) is 11.3 Å². The van der Waals surface area contributed by atoms with E-state index in [1.807, 2.05) is 89.2 Å². The lowest BCUT2D eigenvalue weighted by atomic mass is 10.0. The van der Waals surface area contributed by atoms with Crippen LogP contribution in [-0.4, -0.2) is 72.6 Å². The molecule has 274 valence electrons. The lowest BCUT2D eigenvalue weighted by molar-refractivity contribution is -0.494. The first-order chi connectivity index (χ1) is 25.2. The van der Waals surface area contributed by atoms with E-state index in [0.29, 0.717) is 5.57 Å². The Morgan fingerprint density at radius 1 is 1.13 bits per heavy atom. The van der Waals surface area contributed by atoms with Gasteiger partial charge in [0.1, 0.15) is 23.7 Å². The lowest BCUT2D eigenvalue weighted by Crippen LogP contribution is -3.00. The Balaban J connectivity index is 0.00000541. The summed E-state index contributed by atoms with van der Waals surface area (Å²) in [6.45, 7) is 1.84. The molecule has 3 atom stereocenters. The first-order valence-electron chi connectivity index (χ1n) is 15.9. The van der Waals surface area contributed by atoms with Crippen molar-refractivity contribution in [1.82, 2.24) is 19.6 Å². The fourth-order valence-corrected chi connectivity index (χ4v) is 7.95. The number of rotatable bonds is 14. The molecule has 2 aromatic heterocycles. The molecule has 0 saturated carbocycles. The SMILES string of the molecule is CCON=C(C(=O)NC1C(=O)N2C(C(=O)O)=C(C=CCC(=O)OC(c3ccccc3)c3cccc(S[n+]4ccccc4)c3)CS[C@@H]12)c1nsc(N)n1.[Br-]. The highest BCUT2D eigenvalue weighted by Crippen LogP contribution is 2.41. The van der Waals surface area contributed by atoms with Crippen LogP contribution in [0.4, 0.5) is 5.13 Å². The highest BCUT2D eigenvalue weighted by molar-refractivity contribution is 8.00. The molecular weight excluding hydrogens is 807 g/mol. The smallest absolute Gasteiger partial charge is 0.352 e. The van der Waals surface area contributed by atoms with E-state index >= 15 is 0 Å². The van der Waals surface area contributed by atoms with E-state index in [1.54, 1.807) is 6.92 Å². The summed E-state index contributed by atoms with van der Waals surface area (Å²) in [5.74, 6) is -3.09. The number of nitrogen functional groups attached to an aromatic ring is 1. The molecule has 0 spiro atoms. The number of amides is 2. The third kappa shape index (κ3) is 9.31. The van der Waals surface area contributed by atoms with Crippen LogP contribution in [0.2, 0.25) is 0 Å². The van der Waals surface area contributed by atoms with E-state index in [1.165, 1.54) is 35.9 Å². The number of carboxylic acids is 1. The van der Waals surface area contributed by atoms with Crippen molar-refractivity contribution in [1.29, 1.82) is 0 Å². The highest BCUT2D eigenvalue weighted by atomic mass is 79.9. The minimum Gasteiger partial charge on any atom is -1.00 e. The Hall–Kier alpha value is -5.04. The van der Waals surface area contributed by atoms with Crippen LogP contribution in [0.5, 0.6) is 0 Å². The Bertz CT molecular complexity index is 2060. The zero-order valence-electron chi connectivity index (χ0n) is 27.9. The normalized spacial score (nSPS) is 17.3. The van der Waals surface area contributed by atoms with Crippen molar-refractivity contribution in [3.05, 3.63) is 126 Å². The van der Waals surface area contributed by atoms with Gasteiger partial charge in [-0.1, -0.05) is 65.8 Å². The lowest BCUT2D eigenvalue weighted by Gasteiger charge is -2.49. The zero-order valence-corrected chi connectivity index (χ0v) is 31.9. The van der Waals surface area contributed by atoms with Crippen molar-refractivity contribution in [2.45, 2.75) is 35.8 Å². The number of hydrogen-bond donors (Lipinski definition) is 3. The molecule has 6 rings (SSSR count). The number of nitrogens with two attached hydrogens (primary N) is 1. The number of halogens is 1. The van der Waals surface area contributed by atoms with Gasteiger partial charge in [-0.15, -0.1) is 15.7 Å². The van der Waals surface area contributed by atoms with Crippen molar-refractivity contribution in [2.24, 2.45) is 5.16 Å². The Morgan fingerprint density at radius 3 is 2.57 bits per heavy atom. The van der Waals surface area contributed by atoms with Crippen molar-refractivity contribution in [2.75, 3.05) is 18.1 Å². The van der Waals surface area contributed by atoms with Gasteiger partial charge in [-0.25, -0.2) is 4.79 Å². The van der Waals surface area contributed by atoms with Gasteiger partial charge in [0, 0.05) is 29.4 Å². The molecule has 4 aromatic rings. The number of aliphatic carboxylic acids is 1. The zero-order chi connectivity index (χ0) is 36.6. The summed E-state index contributed by atoms with van der Waals surface area (Å²) in [5.41, 5.74) is 7.08. The largest absolute Gasteiger partial charge is 1.00 e. The number of ether oxygens (including phenoxy) is 1. The molecule has 0 aliphatic carbocycles. The van der Waals surface area contributed by atoms with E-state index in [0.717, 1.165) is 32.5 Å². The Morgan fingerprint density at radius 2 is 1.87 bits per heavy atom. The Labute approximate surface area is 327 Å². The van der Waals surface area contributed by atoms with Crippen LogP contribution in [0.3, 0.4) is 0 Å². The number of hydrogen-bond acceptors (Lipinski definition) is 13. The van der Waals surface area contributed by atoms with E-state index in [-0.39, 0.29) is 58.1 Å². The van der Waals surface area contributed by atoms with Gasteiger partial charge in [-0.2, -0.15) is 9.36 Å². The minimum absolute atomic E-state index is 0. The summed E-state index contributed by atoms with van der Waals surface area (Å²) in [7, 11) is 0. The molecule has 0 bridgehead atoms. The number of anilines is 1. The topological polar surface area (TPSA) is 190 Å². The standard InChI is InChI=1S/C35H31N7O7S3.BrH/c1-2-48-39-26(30-38-35(36)51-40-30)31(44)37-27-32(45)42-28(34(46)47)23(20-50-33(27)42)14-10-16-25(43)49-29(21-11-5-3-6-12-21)22-13-9-15-24(19-22)52-41-17-7-4-8-18-41;/h3-15,17-19,27,29,33H,2,16,20H2,1H3,(H3-,36,37,38,40,44,46,47);1H/t27?,29?,33-;/m0./s1. The van der Waals surface area contributed by atoms with Crippen LogP contribution < -0.4 is 32.0 Å². The summed E-state index contributed by atoms with van der Waals surface area (Å²) >= 11 is 3.66. The Kier molecular flexibility index (Phi) is 13.4. The van der Waals surface area contributed by atoms with Crippen molar-refractivity contribution < 1.29 is 54.8 Å². The van der Waals surface area contributed by atoms with Crippen LogP contribution in [0.1, 0.15) is 36.4 Å². The summed E-state index contributed by atoms with van der Waals surface area (Å²) in [6, 6.07) is 21.9. The fourth-order valence-electron chi connectivity index (χ4n) is 5.36. The molecule has 2 aromatic carbocycles. The second-order valence-electron chi connectivity index (χ2n) is 11.1. The van der Waals surface area contributed by atoms with E-state index in [9.17, 15) is 24.3 Å². The van der Waals surface area contributed by atoms with Crippen LogP contribution in [0.25, 0.3) is 0 Å². The average Bonchev–Trinajstić information content (AvgIpc) is 3.59. The van der Waals surface area contributed by atoms with Gasteiger partial charge in [0.15, 0.2) is 23.6 Å². The molecule has 2 aliphatic rings. The maximum absolute atomic E-state index is 13.2. The van der Waals surface area contributed by atoms with E-state index in [4.69, 9.17) is 15.3 Å². The number of aromatic nitrogens is 3. The van der Waals surface area contributed by atoms with Crippen molar-refractivity contribution >= 4 is 69.8 Å². The van der Waals surface area contributed by atoms with E-state index < -0.39 is 41.3 Å². The molecular formula is C35H32BrN7O7S3. The molecule has 2 unspecified atom stereocenters. The van der Waals surface area contributed by atoms with Gasteiger partial charge in [0.25, 0.3) is 11.8 Å². The maximum Gasteiger partial charge on any atom is 0.352 e. The van der Waals surface area contributed by atoms with Gasteiger partial charge in [0.2, 0.25) is 23.5 Å². The van der Waals surface area contributed by atoms with Gasteiger partial charge in [-0.3, -0.25) is 19.3 Å². The van der Waals surface area contributed by atoms with Gasteiger partial charge < -0.3 is 42.7 Å². The van der Waals surface area contributed by atoms with Crippen LogP contribution in [0, 0.1) is 0 Å². The number of pyridine rings is 1. The summed E-state index contributed by atoms with van der Waals surface area (Å²) in [4.78, 5) is 63.1. The number of carbonyl (C=O) groups excluding carboxylic acids is 3. The molecule has 1 saturated heterocycles. The van der Waals surface area contributed by atoms with Gasteiger partial charge in [-0.05, 0) is 35.8 Å². The molecule has 53 heavy (non-hydrogen) atoms. The molecule has 0 radical (unpaired) electrons. The first-order valence-corrected chi connectivity index (χ1v) is 18.5. The highest BCUT2D eigenvalue weighted by Gasteiger charge is 2.54. The quantitative estimate of drug-likeness (QED) is 0.0532. The number of nitrogens with zero attached hydrogens (tertiary/aromatic N) is 5. The number of fused-ring (bicyclic) bond motifs is 1. The molecule has 14 nitrogen and oxygen atoms in total. The predicted molar refractivity (Wildman–Crippen MR) is 195 cm³/mol. The summed E-state index contributed by atoms with van der Waals surface area (Å²) in [5, 5.41) is 15.9. The maximum atomic E-state index is 13.2. The summed E-state index contributed by atoms with van der Waals surface area (Å²) < 4.78 is 12.0. The second kappa shape index (κ2) is 18.1. The molecule has 2 amide bonds. The van der Waals surface area contributed by atoms with Crippen LogP contribution in [-0.2, 0) is 28.8 Å². The molecule has 2 aliphatic heterocycles. The number of carboxylic acid groups (broad SMARTS) is 1. The number of β-lactam (4-membered cyclic amide) rings is 1. The molecule has 4 N–H and O–H groups in total. The number of benzene rings is 2. The number of oxime groups is 1. The third-order valence-electron chi connectivity index (χ3n) is 7.66. The first kappa shape index (κ1) is 39.2. The van der Waals surface area contributed by atoms with Crippen LogP contribution in [0.15, 0.2) is 119 Å². The van der Waals surface area contributed by atoms with Gasteiger partial charge >= 0.3 is 11.9 Å². The predicted octanol–water partition coefficient (Wildman–Crippen LogP) is 0.726. The monoisotopic (exact) mass is 837 g/mol. The molecule has 4 heterocycles. The number of nitrogens with one attached hydrogen (secondary N) is 1. The second-order valence-corrected chi connectivity index (χ2v) is 14.1. The fraction of sp³-hybridized carbons (Fsp3) is 0.200. The number of allylic oxidation sites excluding steroid dienone is 1. The molecule has 18 heteroatoms. The van der Waals surface area contributed by atoms with Crippen molar-refractivity contribution in [3.63, 3.8) is 0 Å². The number of esters is 1. The van der Waals surface area contributed by atoms with Crippen LogP contribution >= 0.6 is 35.2 Å². The number of thioether (sulfide) groups is 1.